The summed E-state index contributed by atoms with van der Waals surface area (Å²) in [5, 5.41) is 3.32. The Hall–Kier alpha value is -1.86. The molecular weight excluding hydrogens is 280 g/mol. The Morgan fingerprint density at radius 1 is 0.682 bits per heavy atom. The summed E-state index contributed by atoms with van der Waals surface area (Å²) >= 11 is 0. The van der Waals surface area contributed by atoms with Crippen LogP contribution in [0.4, 0.5) is 0 Å². The average Bonchev–Trinajstić information content (AvgIpc) is 3.01. The molecule has 0 aliphatic heterocycles. The Labute approximate surface area is 134 Å². The summed E-state index contributed by atoms with van der Waals surface area (Å²) in [7, 11) is -0.707. The van der Waals surface area contributed by atoms with Gasteiger partial charge in [0, 0.05) is 0 Å². The number of rotatable bonds is 2. The second-order valence-electron chi connectivity index (χ2n) is 6.60. The van der Waals surface area contributed by atoms with Gasteiger partial charge in [0.25, 0.3) is 0 Å². The Kier molecular flexibility index (Phi) is 3.19. The van der Waals surface area contributed by atoms with Gasteiger partial charge in [-0.1, -0.05) is 66.2 Å². The average molecular weight is 301 g/mol. The van der Waals surface area contributed by atoms with Gasteiger partial charge >= 0.3 is 0 Å². The largest absolute Gasteiger partial charge is 0.119 e. The van der Waals surface area contributed by atoms with Gasteiger partial charge in [-0.3, -0.25) is 0 Å². The van der Waals surface area contributed by atoms with Crippen molar-refractivity contribution < 1.29 is 0 Å². The molecule has 2 aliphatic rings. The van der Waals surface area contributed by atoms with Crippen molar-refractivity contribution in [2.45, 2.75) is 33.2 Å². The van der Waals surface area contributed by atoms with Crippen molar-refractivity contribution in [3.8, 4) is 0 Å². The lowest BCUT2D eigenvalue weighted by Gasteiger charge is -2.18. The van der Waals surface area contributed by atoms with Gasteiger partial charge in [0.2, 0.25) is 0 Å². The number of hydrogen-bond donors (Lipinski definition) is 0. The SMILES string of the molecule is CC1=C([Si](C)C2=C(C)Cc3ccccc32)c2ccccc2C1. The van der Waals surface area contributed by atoms with E-state index in [1.165, 1.54) is 22.3 Å². The van der Waals surface area contributed by atoms with Crippen LogP contribution in [-0.2, 0) is 12.8 Å². The van der Waals surface area contributed by atoms with Crippen molar-refractivity contribution in [2.24, 2.45) is 0 Å². The first-order valence-corrected chi connectivity index (χ1v) is 10.1. The summed E-state index contributed by atoms with van der Waals surface area (Å²) in [4.78, 5) is 0. The molecule has 1 heteroatoms. The van der Waals surface area contributed by atoms with E-state index in [0.29, 0.717) is 0 Å². The van der Waals surface area contributed by atoms with Crippen LogP contribution < -0.4 is 0 Å². The first-order chi connectivity index (χ1) is 10.7. The smallest absolute Gasteiger partial charge is 0.0689 e. The molecule has 0 amide bonds. The monoisotopic (exact) mass is 301 g/mol. The number of fused-ring (bicyclic) bond motifs is 2. The van der Waals surface area contributed by atoms with Crippen molar-refractivity contribution in [2.75, 3.05) is 0 Å². The second kappa shape index (κ2) is 5.10. The summed E-state index contributed by atoms with van der Waals surface area (Å²) in [6.45, 7) is 7.16. The van der Waals surface area contributed by atoms with Crippen molar-refractivity contribution >= 4 is 19.2 Å². The molecule has 109 valence electrons. The van der Waals surface area contributed by atoms with E-state index in [2.05, 4.69) is 68.9 Å². The molecule has 0 nitrogen and oxygen atoms in total. The molecule has 2 aromatic carbocycles. The van der Waals surface area contributed by atoms with Gasteiger partial charge in [0.1, 0.15) is 8.80 Å². The van der Waals surface area contributed by atoms with E-state index in [4.69, 9.17) is 0 Å². The molecule has 0 heterocycles. The molecule has 2 aliphatic carbocycles. The number of allylic oxidation sites excluding steroid dienone is 2. The van der Waals surface area contributed by atoms with Crippen molar-refractivity contribution in [3.63, 3.8) is 0 Å². The van der Waals surface area contributed by atoms with Gasteiger partial charge in [0.05, 0.1) is 0 Å². The molecule has 1 radical (unpaired) electrons. The van der Waals surface area contributed by atoms with E-state index in [0.717, 1.165) is 12.8 Å². The Bertz CT molecular complexity index is 754. The molecule has 0 N–H and O–H groups in total. The van der Waals surface area contributed by atoms with E-state index < -0.39 is 8.80 Å². The summed E-state index contributed by atoms with van der Waals surface area (Å²) in [6, 6.07) is 18.0. The summed E-state index contributed by atoms with van der Waals surface area (Å²) in [5.74, 6) is 0. The molecule has 22 heavy (non-hydrogen) atoms. The lowest BCUT2D eigenvalue weighted by molar-refractivity contribution is 1.19. The molecule has 2 aromatic rings. The first kappa shape index (κ1) is 13.8. The third-order valence-corrected chi connectivity index (χ3v) is 7.98. The van der Waals surface area contributed by atoms with Crippen LogP contribution >= 0.6 is 0 Å². The van der Waals surface area contributed by atoms with Crippen LogP contribution in [0.2, 0.25) is 6.55 Å². The van der Waals surface area contributed by atoms with E-state index >= 15 is 0 Å². The minimum absolute atomic E-state index is 0.707. The van der Waals surface area contributed by atoms with E-state index in [1.807, 2.05) is 0 Å². The quantitative estimate of drug-likeness (QED) is 0.665. The third-order valence-electron chi connectivity index (χ3n) is 5.09. The van der Waals surface area contributed by atoms with Crippen LogP contribution in [0.15, 0.2) is 59.7 Å². The summed E-state index contributed by atoms with van der Waals surface area (Å²) in [5.41, 5.74) is 9.24. The molecule has 0 atom stereocenters. The van der Waals surface area contributed by atoms with Crippen LogP contribution in [0.25, 0.3) is 10.4 Å². The lowest BCUT2D eigenvalue weighted by atomic mass is 10.1. The van der Waals surface area contributed by atoms with Crippen LogP contribution in [0.5, 0.6) is 0 Å². The van der Waals surface area contributed by atoms with E-state index in [-0.39, 0.29) is 0 Å². The van der Waals surface area contributed by atoms with Crippen LogP contribution in [0, 0.1) is 0 Å². The van der Waals surface area contributed by atoms with Crippen molar-refractivity contribution in [3.05, 3.63) is 81.9 Å². The molecule has 0 bridgehead atoms. The molecule has 0 aromatic heterocycles. The maximum absolute atomic E-state index is 2.49. The highest BCUT2D eigenvalue weighted by atomic mass is 28.3. The van der Waals surface area contributed by atoms with Gasteiger partial charge < -0.3 is 0 Å². The van der Waals surface area contributed by atoms with Crippen molar-refractivity contribution in [1.29, 1.82) is 0 Å². The molecule has 0 unspecified atom stereocenters. The molecule has 4 rings (SSSR count). The fourth-order valence-electron chi connectivity index (χ4n) is 4.21. The lowest BCUT2D eigenvalue weighted by Crippen LogP contribution is -2.14. The fraction of sp³-hybridized carbons (Fsp3) is 0.238. The zero-order chi connectivity index (χ0) is 15.3. The van der Waals surface area contributed by atoms with Crippen LogP contribution in [-0.4, -0.2) is 8.80 Å². The highest BCUT2D eigenvalue weighted by Gasteiger charge is 2.31. The van der Waals surface area contributed by atoms with Gasteiger partial charge in [-0.25, -0.2) is 0 Å². The summed E-state index contributed by atoms with van der Waals surface area (Å²) < 4.78 is 0. The molecular formula is C21H21Si. The number of benzene rings is 2. The minimum atomic E-state index is -0.707. The second-order valence-corrected chi connectivity index (χ2v) is 8.85. The number of hydrogen-bond acceptors (Lipinski definition) is 0. The normalized spacial score (nSPS) is 16.5. The first-order valence-electron chi connectivity index (χ1n) is 8.07. The maximum Gasteiger partial charge on any atom is 0.119 e. The minimum Gasteiger partial charge on any atom is -0.0689 e. The van der Waals surface area contributed by atoms with Crippen LogP contribution in [0.1, 0.15) is 36.1 Å². The van der Waals surface area contributed by atoms with E-state index in [1.54, 1.807) is 21.5 Å². The molecule has 0 saturated heterocycles. The fourth-order valence-corrected chi connectivity index (χ4v) is 7.22. The van der Waals surface area contributed by atoms with Crippen LogP contribution in [0.3, 0.4) is 0 Å². The molecule has 0 spiro atoms. The Morgan fingerprint density at radius 3 is 1.55 bits per heavy atom. The molecule has 0 saturated carbocycles. The highest BCUT2D eigenvalue weighted by molar-refractivity contribution is 6.94. The zero-order valence-corrected chi connectivity index (χ0v) is 14.5. The van der Waals surface area contributed by atoms with Crippen molar-refractivity contribution in [1.82, 2.24) is 0 Å². The predicted molar refractivity (Wildman–Crippen MR) is 97.1 cm³/mol. The maximum atomic E-state index is 2.49. The summed E-state index contributed by atoms with van der Waals surface area (Å²) in [6.07, 6.45) is 2.28. The molecule has 0 fully saturated rings. The van der Waals surface area contributed by atoms with Gasteiger partial charge in [0.15, 0.2) is 0 Å². The van der Waals surface area contributed by atoms with Gasteiger partial charge in [-0.15, -0.1) is 0 Å². The van der Waals surface area contributed by atoms with E-state index in [9.17, 15) is 0 Å². The van der Waals surface area contributed by atoms with Gasteiger partial charge in [-0.2, -0.15) is 0 Å². The topological polar surface area (TPSA) is 0 Å². The van der Waals surface area contributed by atoms with Gasteiger partial charge in [-0.05, 0) is 59.3 Å². The highest BCUT2D eigenvalue weighted by Crippen LogP contribution is 2.42. The predicted octanol–water partition coefficient (Wildman–Crippen LogP) is 5.25. The zero-order valence-electron chi connectivity index (χ0n) is 13.5. The standard InChI is InChI=1S/C21H21Si/c1-14-12-16-8-4-6-10-18(16)20(14)22(3)21-15(2)13-17-9-5-7-11-19(17)21/h4-11H,12-13H2,1-3H3. The Morgan fingerprint density at radius 2 is 1.09 bits per heavy atom. The third kappa shape index (κ3) is 1.96. The Balaban J connectivity index is 1.82.